The minimum atomic E-state index is -0.574. The van der Waals surface area contributed by atoms with Crippen LogP contribution in [0.5, 0.6) is 0 Å². The van der Waals surface area contributed by atoms with Gasteiger partial charge in [-0.1, -0.05) is 49.4 Å². The van der Waals surface area contributed by atoms with Crippen LogP contribution in [0.1, 0.15) is 52.5 Å². The molecule has 0 radical (unpaired) electrons. The highest BCUT2D eigenvalue weighted by atomic mass is 16.4. The molecule has 7 nitrogen and oxygen atoms in total. The Morgan fingerprint density at radius 3 is 2.71 bits per heavy atom. The van der Waals surface area contributed by atoms with Gasteiger partial charge in [0.1, 0.15) is 5.82 Å². The summed E-state index contributed by atoms with van der Waals surface area (Å²) in [5.41, 5.74) is 10.6. The van der Waals surface area contributed by atoms with Gasteiger partial charge in [0.2, 0.25) is 5.89 Å². The first-order valence-corrected chi connectivity index (χ1v) is 12.9. The van der Waals surface area contributed by atoms with Crippen molar-refractivity contribution in [2.75, 3.05) is 0 Å². The predicted octanol–water partition coefficient (Wildman–Crippen LogP) is 5.74. The van der Waals surface area contributed by atoms with Gasteiger partial charge in [0.15, 0.2) is 0 Å². The van der Waals surface area contributed by atoms with Gasteiger partial charge in [-0.2, -0.15) is 5.26 Å². The van der Waals surface area contributed by atoms with Gasteiger partial charge >= 0.3 is 5.76 Å². The summed E-state index contributed by atoms with van der Waals surface area (Å²) < 4.78 is 7.50. The van der Waals surface area contributed by atoms with Crippen LogP contribution in [0, 0.1) is 18.3 Å². The summed E-state index contributed by atoms with van der Waals surface area (Å²) in [6.07, 6.45) is 5.35. The molecular formula is C31H27N5O2. The highest BCUT2D eigenvalue weighted by molar-refractivity contribution is 5.86. The second kappa shape index (κ2) is 9.64. The van der Waals surface area contributed by atoms with Crippen LogP contribution in [0.2, 0.25) is 0 Å². The third-order valence-electron chi connectivity index (χ3n) is 7.26. The summed E-state index contributed by atoms with van der Waals surface area (Å²) in [7, 11) is 0. The molecule has 7 heteroatoms. The number of hydrogen-bond donors (Lipinski definition) is 1. The molecule has 1 aliphatic carbocycles. The van der Waals surface area contributed by atoms with Crippen molar-refractivity contribution in [2.45, 2.75) is 46.1 Å². The maximum Gasteiger partial charge on any atom is 0.434 e. The molecule has 0 atom stereocenters. The van der Waals surface area contributed by atoms with Gasteiger partial charge in [0, 0.05) is 24.6 Å². The lowest BCUT2D eigenvalue weighted by atomic mass is 9.93. The molecular weight excluding hydrogens is 474 g/mol. The van der Waals surface area contributed by atoms with E-state index in [0.717, 1.165) is 70.4 Å². The van der Waals surface area contributed by atoms with Gasteiger partial charge < -0.3 is 8.98 Å². The maximum absolute atomic E-state index is 11.6. The van der Waals surface area contributed by atoms with Crippen LogP contribution in [0.3, 0.4) is 0 Å². The SMILES string of the molecule is CCCc1nc2c(C)cc(-c3n[nH]c(=O)o3)cc2n1Cc1ccc2c(c1)CCc1ccccc1/C2=C\C#N. The lowest BCUT2D eigenvalue weighted by Gasteiger charge is -2.14. The smallest absolute Gasteiger partial charge is 0.388 e. The second-order valence-corrected chi connectivity index (χ2v) is 9.78. The monoisotopic (exact) mass is 501 g/mol. The summed E-state index contributed by atoms with van der Waals surface area (Å²) >= 11 is 0. The van der Waals surface area contributed by atoms with E-state index in [4.69, 9.17) is 9.40 Å². The maximum atomic E-state index is 11.6. The molecule has 0 aliphatic heterocycles. The molecule has 3 aromatic carbocycles. The first-order valence-electron chi connectivity index (χ1n) is 12.9. The van der Waals surface area contributed by atoms with E-state index in [1.165, 1.54) is 16.7 Å². The predicted molar refractivity (Wildman–Crippen MR) is 147 cm³/mol. The fraction of sp³-hybridized carbons (Fsp3) is 0.226. The zero-order valence-electron chi connectivity index (χ0n) is 21.4. The van der Waals surface area contributed by atoms with Crippen LogP contribution in [-0.4, -0.2) is 19.7 Å². The fourth-order valence-electron chi connectivity index (χ4n) is 5.54. The van der Waals surface area contributed by atoms with Crippen molar-refractivity contribution in [3.63, 3.8) is 0 Å². The third-order valence-corrected chi connectivity index (χ3v) is 7.26. The second-order valence-electron chi connectivity index (χ2n) is 9.78. The molecule has 0 spiro atoms. The van der Waals surface area contributed by atoms with Crippen LogP contribution < -0.4 is 5.76 Å². The number of fused-ring (bicyclic) bond motifs is 3. The van der Waals surface area contributed by atoms with Gasteiger partial charge in [0.05, 0.1) is 17.1 Å². The molecule has 0 saturated carbocycles. The van der Waals surface area contributed by atoms with Crippen LogP contribution in [0.15, 0.2) is 69.9 Å². The van der Waals surface area contributed by atoms with Crippen molar-refractivity contribution in [3.05, 3.63) is 110 Å². The summed E-state index contributed by atoms with van der Waals surface area (Å²) in [5, 5.41) is 15.9. The summed E-state index contributed by atoms with van der Waals surface area (Å²) in [4.78, 5) is 16.6. The Bertz CT molecular complexity index is 1810. The number of imidazole rings is 1. The van der Waals surface area contributed by atoms with Crippen LogP contribution >= 0.6 is 0 Å². The third kappa shape index (κ3) is 4.14. The standard InChI is InChI=1S/C31H27N5O2/c1-3-6-28-33-29-19(2)15-23(30-34-35-31(37)38-30)17-27(29)36(28)18-20-9-12-25-22(16-20)11-10-21-7-4-5-8-24(21)26(25)13-14-32/h4-5,7-9,12-13,15-17H,3,6,10-11,18H2,1-2H3,(H,35,37)/b26-13+. The number of aryl methyl sites for hydroxylation is 4. The Hall–Kier alpha value is -4.70. The number of hydrogen-bond acceptors (Lipinski definition) is 5. The molecule has 1 aliphatic rings. The quantitative estimate of drug-likeness (QED) is 0.309. The molecule has 0 fully saturated rings. The normalized spacial score (nSPS) is 13.8. The Kier molecular flexibility index (Phi) is 6.01. The molecule has 1 N–H and O–H groups in total. The van der Waals surface area contributed by atoms with E-state index in [1.807, 2.05) is 25.1 Å². The molecule has 0 bridgehead atoms. The average molecular weight is 502 g/mol. The van der Waals surface area contributed by atoms with Gasteiger partial charge in [-0.05, 0) is 77.3 Å². The van der Waals surface area contributed by atoms with E-state index in [2.05, 4.69) is 64.2 Å². The van der Waals surface area contributed by atoms with Crippen molar-refractivity contribution in [1.82, 2.24) is 19.7 Å². The van der Waals surface area contributed by atoms with Crippen molar-refractivity contribution in [1.29, 1.82) is 5.26 Å². The van der Waals surface area contributed by atoms with Crippen molar-refractivity contribution < 1.29 is 4.42 Å². The van der Waals surface area contributed by atoms with E-state index in [1.54, 1.807) is 6.08 Å². The lowest BCUT2D eigenvalue weighted by Crippen LogP contribution is -2.06. The van der Waals surface area contributed by atoms with Gasteiger partial charge in [-0.3, -0.25) is 0 Å². The molecule has 6 rings (SSSR count). The number of H-pyrrole nitrogens is 1. The lowest BCUT2D eigenvalue weighted by molar-refractivity contribution is 0.527. The Morgan fingerprint density at radius 1 is 1.11 bits per heavy atom. The summed E-state index contributed by atoms with van der Waals surface area (Å²) in [6, 6.07) is 21.2. The van der Waals surface area contributed by atoms with Gasteiger partial charge in [-0.15, -0.1) is 5.10 Å². The van der Waals surface area contributed by atoms with E-state index in [-0.39, 0.29) is 5.89 Å². The minimum absolute atomic E-state index is 0.270. The van der Waals surface area contributed by atoms with Crippen LogP contribution in [0.4, 0.5) is 0 Å². The van der Waals surface area contributed by atoms with E-state index < -0.39 is 5.76 Å². The zero-order valence-corrected chi connectivity index (χ0v) is 21.4. The molecule has 2 aromatic heterocycles. The minimum Gasteiger partial charge on any atom is -0.388 e. The number of nitrogens with zero attached hydrogens (tertiary/aromatic N) is 4. The summed E-state index contributed by atoms with van der Waals surface area (Å²) in [5.74, 6) is 0.722. The van der Waals surface area contributed by atoms with Gasteiger partial charge in [-0.25, -0.2) is 14.9 Å². The average Bonchev–Trinajstić information content (AvgIpc) is 3.46. The van der Waals surface area contributed by atoms with E-state index in [0.29, 0.717) is 6.54 Å². The largest absolute Gasteiger partial charge is 0.434 e. The first kappa shape index (κ1) is 23.7. The molecule has 0 unspecified atom stereocenters. The Balaban J connectivity index is 1.45. The molecule has 5 aromatic rings. The Labute approximate surface area is 220 Å². The number of aromatic nitrogens is 4. The van der Waals surface area contributed by atoms with Gasteiger partial charge in [0.25, 0.3) is 0 Å². The van der Waals surface area contributed by atoms with Crippen molar-refractivity contribution in [2.24, 2.45) is 0 Å². The number of nitrogens with one attached hydrogen (secondary N) is 1. The number of allylic oxidation sites excluding steroid dienone is 1. The highest BCUT2D eigenvalue weighted by Gasteiger charge is 2.20. The Morgan fingerprint density at radius 2 is 1.92 bits per heavy atom. The zero-order chi connectivity index (χ0) is 26.2. The molecule has 2 heterocycles. The first-order chi connectivity index (χ1) is 18.6. The van der Waals surface area contributed by atoms with E-state index >= 15 is 0 Å². The summed E-state index contributed by atoms with van der Waals surface area (Å²) in [6.45, 7) is 4.84. The number of benzene rings is 3. The van der Waals surface area contributed by atoms with Crippen LogP contribution in [0.25, 0.3) is 28.1 Å². The number of rotatable bonds is 5. The van der Waals surface area contributed by atoms with Crippen molar-refractivity contribution in [3.8, 4) is 17.5 Å². The molecule has 188 valence electrons. The number of aromatic amines is 1. The van der Waals surface area contributed by atoms with Crippen molar-refractivity contribution >= 4 is 16.6 Å². The topological polar surface area (TPSA) is 100 Å². The van der Waals surface area contributed by atoms with E-state index in [9.17, 15) is 10.1 Å². The molecule has 0 amide bonds. The fourth-order valence-corrected chi connectivity index (χ4v) is 5.54. The number of nitriles is 1. The molecule has 38 heavy (non-hydrogen) atoms. The van der Waals surface area contributed by atoms with Crippen LogP contribution in [-0.2, 0) is 25.8 Å². The highest BCUT2D eigenvalue weighted by Crippen LogP contribution is 2.34. The molecule has 0 saturated heterocycles.